The van der Waals surface area contributed by atoms with Crippen molar-refractivity contribution in [3.05, 3.63) is 0 Å². The van der Waals surface area contributed by atoms with Crippen LogP contribution in [0.4, 0.5) is 0 Å². The summed E-state index contributed by atoms with van der Waals surface area (Å²) in [6, 6.07) is 0. The number of fused-ring (bicyclic) bond motifs is 5. The zero-order valence-corrected chi connectivity index (χ0v) is 17.9. The number of carbonyl (C=O) groups is 1. The van der Waals surface area contributed by atoms with Gasteiger partial charge in [-0.15, -0.1) is 0 Å². The van der Waals surface area contributed by atoms with Crippen LogP contribution < -0.4 is 0 Å². The maximum absolute atomic E-state index is 11.5. The van der Waals surface area contributed by atoms with Gasteiger partial charge in [0.05, 0.1) is 12.2 Å². The molecule has 0 aromatic heterocycles. The molecule has 10 atom stereocenters. The van der Waals surface area contributed by atoms with Crippen molar-refractivity contribution < 1.29 is 20.1 Å². The van der Waals surface area contributed by atoms with Gasteiger partial charge in [0.25, 0.3) is 0 Å². The van der Waals surface area contributed by atoms with Gasteiger partial charge in [0, 0.05) is 6.42 Å². The van der Waals surface area contributed by atoms with Gasteiger partial charge >= 0.3 is 5.97 Å². The summed E-state index contributed by atoms with van der Waals surface area (Å²) < 4.78 is 0. The van der Waals surface area contributed by atoms with Crippen molar-refractivity contribution in [3.63, 3.8) is 0 Å². The van der Waals surface area contributed by atoms with Crippen LogP contribution >= 0.6 is 0 Å². The molecule has 0 spiro atoms. The predicted molar refractivity (Wildman–Crippen MR) is 109 cm³/mol. The molecule has 28 heavy (non-hydrogen) atoms. The molecule has 4 rings (SSSR count). The van der Waals surface area contributed by atoms with Crippen molar-refractivity contribution in [1.29, 1.82) is 0 Å². The molecular formula is C24H40O4. The van der Waals surface area contributed by atoms with E-state index in [0.717, 1.165) is 25.7 Å². The Kier molecular flexibility index (Phi) is 5.36. The first-order valence-corrected chi connectivity index (χ1v) is 11.8. The minimum absolute atomic E-state index is 0.183. The van der Waals surface area contributed by atoms with E-state index in [1.165, 1.54) is 25.7 Å². The van der Waals surface area contributed by atoms with Crippen LogP contribution in [0.2, 0.25) is 0 Å². The third kappa shape index (κ3) is 2.96. The third-order valence-corrected chi connectivity index (χ3v) is 10.3. The number of carboxylic acid groups (broad SMARTS) is 1. The summed E-state index contributed by atoms with van der Waals surface area (Å²) in [7, 11) is 0. The van der Waals surface area contributed by atoms with E-state index >= 15 is 0 Å². The van der Waals surface area contributed by atoms with Gasteiger partial charge < -0.3 is 15.3 Å². The highest BCUT2D eigenvalue weighted by Crippen LogP contribution is 2.68. The van der Waals surface area contributed by atoms with Crippen LogP contribution in [0.25, 0.3) is 0 Å². The van der Waals surface area contributed by atoms with E-state index in [9.17, 15) is 15.0 Å². The molecule has 4 aliphatic carbocycles. The highest BCUT2D eigenvalue weighted by Gasteiger charge is 2.65. The Balaban J connectivity index is 1.61. The largest absolute Gasteiger partial charge is 0.481 e. The van der Waals surface area contributed by atoms with Crippen molar-refractivity contribution in [2.45, 2.75) is 97.2 Å². The molecule has 0 unspecified atom stereocenters. The van der Waals surface area contributed by atoms with Gasteiger partial charge in [-0.25, -0.2) is 0 Å². The van der Waals surface area contributed by atoms with Gasteiger partial charge in [0.2, 0.25) is 0 Å². The van der Waals surface area contributed by atoms with E-state index in [4.69, 9.17) is 5.11 Å². The van der Waals surface area contributed by atoms with Gasteiger partial charge in [-0.05, 0) is 91.3 Å². The molecule has 0 heterocycles. The van der Waals surface area contributed by atoms with Gasteiger partial charge in [-0.3, -0.25) is 4.79 Å². The molecule has 0 radical (unpaired) electrons. The topological polar surface area (TPSA) is 77.8 Å². The van der Waals surface area contributed by atoms with E-state index in [0.29, 0.717) is 41.9 Å². The van der Waals surface area contributed by atoms with E-state index in [1.54, 1.807) is 0 Å². The fourth-order valence-corrected chi connectivity index (χ4v) is 8.74. The average molecular weight is 393 g/mol. The number of aliphatic hydroxyl groups excluding tert-OH is 2. The summed E-state index contributed by atoms with van der Waals surface area (Å²) in [6.07, 6.45) is 9.32. The monoisotopic (exact) mass is 392 g/mol. The highest BCUT2D eigenvalue weighted by molar-refractivity contribution is 5.66. The van der Waals surface area contributed by atoms with Crippen LogP contribution in [0.15, 0.2) is 0 Å². The van der Waals surface area contributed by atoms with Crippen LogP contribution in [-0.2, 0) is 4.79 Å². The molecule has 0 aromatic rings. The number of rotatable bonds is 4. The van der Waals surface area contributed by atoms with Crippen molar-refractivity contribution in [2.75, 3.05) is 0 Å². The molecule has 0 bridgehead atoms. The molecule has 0 saturated heterocycles. The molecule has 4 fully saturated rings. The molecule has 4 nitrogen and oxygen atoms in total. The maximum atomic E-state index is 11.5. The van der Waals surface area contributed by atoms with Crippen LogP contribution in [0.5, 0.6) is 0 Å². The van der Waals surface area contributed by atoms with Crippen LogP contribution in [-0.4, -0.2) is 33.5 Å². The first kappa shape index (κ1) is 20.7. The molecule has 4 heteroatoms. The van der Waals surface area contributed by atoms with E-state index in [1.807, 2.05) is 0 Å². The Morgan fingerprint density at radius 2 is 1.82 bits per heavy atom. The second-order valence-electron chi connectivity index (χ2n) is 11.3. The lowest BCUT2D eigenvalue weighted by atomic mass is 9.43. The third-order valence-electron chi connectivity index (χ3n) is 10.3. The van der Waals surface area contributed by atoms with Gasteiger partial charge in [-0.1, -0.05) is 33.6 Å². The minimum Gasteiger partial charge on any atom is -0.481 e. The Morgan fingerprint density at radius 1 is 1.07 bits per heavy atom. The lowest BCUT2D eigenvalue weighted by Gasteiger charge is -2.63. The van der Waals surface area contributed by atoms with Gasteiger partial charge in [-0.2, -0.15) is 0 Å². The minimum atomic E-state index is -0.727. The maximum Gasteiger partial charge on any atom is 0.303 e. The number of aliphatic carboxylic acids is 1. The van der Waals surface area contributed by atoms with Crippen LogP contribution in [0, 0.1) is 46.3 Å². The lowest BCUT2D eigenvalue weighted by Crippen LogP contribution is -2.61. The fourth-order valence-electron chi connectivity index (χ4n) is 8.74. The second-order valence-corrected chi connectivity index (χ2v) is 11.3. The first-order valence-electron chi connectivity index (χ1n) is 11.8. The summed E-state index contributed by atoms with van der Waals surface area (Å²) >= 11 is 0. The fraction of sp³-hybridized carbons (Fsp3) is 0.958. The average Bonchev–Trinajstić information content (AvgIpc) is 3.00. The Hall–Kier alpha value is -0.610. The first-order chi connectivity index (χ1) is 13.2. The molecule has 0 amide bonds. The van der Waals surface area contributed by atoms with E-state index in [-0.39, 0.29) is 29.5 Å². The zero-order chi connectivity index (χ0) is 20.3. The summed E-state index contributed by atoms with van der Waals surface area (Å²) in [4.78, 5) is 11.1. The number of hydrogen-bond acceptors (Lipinski definition) is 3. The number of hydrogen-bond donors (Lipinski definition) is 3. The van der Waals surface area contributed by atoms with Crippen molar-refractivity contribution >= 4 is 5.97 Å². The second kappa shape index (κ2) is 7.27. The van der Waals surface area contributed by atoms with Crippen molar-refractivity contribution in [1.82, 2.24) is 0 Å². The zero-order valence-electron chi connectivity index (χ0n) is 17.9. The molecular weight excluding hydrogens is 352 g/mol. The molecule has 160 valence electrons. The quantitative estimate of drug-likeness (QED) is 0.659. The normalized spacial score (nSPS) is 51.7. The van der Waals surface area contributed by atoms with E-state index in [2.05, 4.69) is 20.8 Å². The number of carboxylic acids is 1. The van der Waals surface area contributed by atoms with Gasteiger partial charge in [0.15, 0.2) is 0 Å². The van der Waals surface area contributed by atoms with Gasteiger partial charge in [0.1, 0.15) is 0 Å². The number of aliphatic hydroxyl groups is 2. The lowest BCUT2D eigenvalue weighted by molar-refractivity contribution is -0.201. The highest BCUT2D eigenvalue weighted by atomic mass is 16.4. The van der Waals surface area contributed by atoms with Crippen molar-refractivity contribution in [2.24, 2.45) is 46.3 Å². The Labute approximate surface area is 170 Å². The van der Waals surface area contributed by atoms with Crippen LogP contribution in [0.3, 0.4) is 0 Å². The van der Waals surface area contributed by atoms with Crippen molar-refractivity contribution in [3.8, 4) is 0 Å². The SMILES string of the molecule is C[C@H](CCC(=O)O)[C@@H]1CC[C@@H]2[C@H]3[C@H](O)C[C@H]4CCCC[C@]4(C)[C@H]3C[C@H](O)[C@@]21C. The summed E-state index contributed by atoms with van der Waals surface area (Å²) in [5.74, 6) is 1.66. The molecule has 3 N–H and O–H groups in total. The summed E-state index contributed by atoms with van der Waals surface area (Å²) in [5, 5.41) is 31.8. The van der Waals surface area contributed by atoms with Crippen LogP contribution in [0.1, 0.15) is 85.0 Å². The molecule has 4 aliphatic rings. The predicted octanol–water partition coefficient (Wildman–Crippen LogP) is 4.48. The molecule has 4 saturated carbocycles. The Bertz CT molecular complexity index is 605. The Morgan fingerprint density at radius 3 is 2.54 bits per heavy atom. The standard InChI is InChI=1S/C24H40O4/c1-14(7-10-21(27)28)16-8-9-17-22-18(13-20(26)24(16,17)3)23(2)11-5-4-6-15(23)12-19(22)25/h14-20,22,25-26H,4-13H2,1-3H3,(H,27,28)/t14-,15-,16+,17-,18+,19-,20+,22-,23+,24-/m1/s1. The van der Waals surface area contributed by atoms with E-state index < -0.39 is 5.97 Å². The summed E-state index contributed by atoms with van der Waals surface area (Å²) in [6.45, 7) is 6.89. The molecule has 0 aliphatic heterocycles. The summed E-state index contributed by atoms with van der Waals surface area (Å²) in [5.41, 5.74) is 0.0927. The molecule has 0 aromatic carbocycles. The smallest absolute Gasteiger partial charge is 0.303 e.